The number of halogens is 3. The van der Waals surface area contributed by atoms with Crippen molar-refractivity contribution >= 4 is 17.3 Å². The maximum Gasteiger partial charge on any atom is 0.433 e. The SMILES string of the molecule is CC(=O)Nc1ccc2c(c1)CN(c1ccc(C(F)(F)F)nc1)CC2. The lowest BCUT2D eigenvalue weighted by molar-refractivity contribution is -0.141. The van der Waals surface area contributed by atoms with Crippen molar-refractivity contribution in [1.82, 2.24) is 4.98 Å². The Balaban J connectivity index is 1.80. The maximum absolute atomic E-state index is 12.6. The molecule has 24 heavy (non-hydrogen) atoms. The molecule has 0 bridgehead atoms. The van der Waals surface area contributed by atoms with E-state index < -0.39 is 11.9 Å². The highest BCUT2D eigenvalue weighted by atomic mass is 19.4. The number of pyridine rings is 1. The average Bonchev–Trinajstić information content (AvgIpc) is 2.53. The van der Waals surface area contributed by atoms with Gasteiger partial charge in [0, 0.05) is 25.7 Å². The summed E-state index contributed by atoms with van der Waals surface area (Å²) in [7, 11) is 0. The zero-order chi connectivity index (χ0) is 17.3. The topological polar surface area (TPSA) is 45.2 Å². The van der Waals surface area contributed by atoms with Gasteiger partial charge in [-0.05, 0) is 41.8 Å². The van der Waals surface area contributed by atoms with Crippen molar-refractivity contribution in [1.29, 1.82) is 0 Å². The number of nitrogens with one attached hydrogen (secondary N) is 1. The second-order valence-corrected chi connectivity index (χ2v) is 5.74. The summed E-state index contributed by atoms with van der Waals surface area (Å²) in [6.45, 7) is 2.72. The number of amides is 1. The second kappa shape index (κ2) is 6.14. The summed E-state index contributed by atoms with van der Waals surface area (Å²) >= 11 is 0. The number of hydrogen-bond donors (Lipinski definition) is 1. The number of hydrogen-bond acceptors (Lipinski definition) is 3. The van der Waals surface area contributed by atoms with Crippen LogP contribution in [-0.4, -0.2) is 17.4 Å². The Labute approximate surface area is 137 Å². The predicted octanol–water partition coefficient (Wildman–Crippen LogP) is 3.62. The average molecular weight is 335 g/mol. The monoisotopic (exact) mass is 335 g/mol. The van der Waals surface area contributed by atoms with Crippen molar-refractivity contribution in [2.45, 2.75) is 26.1 Å². The Hall–Kier alpha value is -2.57. The molecule has 1 aliphatic heterocycles. The van der Waals surface area contributed by atoms with Crippen LogP contribution in [-0.2, 0) is 23.9 Å². The van der Waals surface area contributed by atoms with E-state index in [2.05, 4.69) is 10.3 Å². The van der Waals surface area contributed by atoms with Gasteiger partial charge in [-0.15, -0.1) is 0 Å². The molecule has 0 fully saturated rings. The quantitative estimate of drug-likeness (QED) is 0.912. The molecular weight excluding hydrogens is 319 g/mol. The Kier molecular flexibility index (Phi) is 4.17. The fraction of sp³-hybridized carbons (Fsp3) is 0.294. The molecule has 1 aromatic heterocycles. The molecule has 0 unspecified atom stereocenters. The van der Waals surface area contributed by atoms with Crippen LogP contribution in [0.3, 0.4) is 0 Å². The fourth-order valence-corrected chi connectivity index (χ4v) is 2.80. The van der Waals surface area contributed by atoms with E-state index in [0.717, 1.165) is 18.1 Å². The second-order valence-electron chi connectivity index (χ2n) is 5.74. The third-order valence-electron chi connectivity index (χ3n) is 3.94. The van der Waals surface area contributed by atoms with Gasteiger partial charge in [0.25, 0.3) is 0 Å². The molecule has 0 aliphatic carbocycles. The number of anilines is 2. The first-order valence-electron chi connectivity index (χ1n) is 7.50. The number of alkyl halides is 3. The van der Waals surface area contributed by atoms with Crippen molar-refractivity contribution in [2.75, 3.05) is 16.8 Å². The fourth-order valence-electron chi connectivity index (χ4n) is 2.80. The highest BCUT2D eigenvalue weighted by Gasteiger charge is 2.32. The number of carbonyl (C=O) groups is 1. The van der Waals surface area contributed by atoms with Gasteiger partial charge in [-0.2, -0.15) is 13.2 Å². The number of nitrogens with zero attached hydrogens (tertiary/aromatic N) is 2. The van der Waals surface area contributed by atoms with Crippen LogP contribution in [0.2, 0.25) is 0 Å². The lowest BCUT2D eigenvalue weighted by Crippen LogP contribution is -2.30. The molecule has 0 saturated heterocycles. The third kappa shape index (κ3) is 3.50. The van der Waals surface area contributed by atoms with Crippen molar-refractivity contribution < 1.29 is 18.0 Å². The minimum atomic E-state index is -4.43. The van der Waals surface area contributed by atoms with E-state index in [1.807, 2.05) is 23.1 Å². The van der Waals surface area contributed by atoms with Crippen molar-refractivity contribution in [3.63, 3.8) is 0 Å². The van der Waals surface area contributed by atoms with E-state index in [0.29, 0.717) is 24.5 Å². The summed E-state index contributed by atoms with van der Waals surface area (Å²) in [4.78, 5) is 16.7. The summed E-state index contributed by atoms with van der Waals surface area (Å²) in [6.07, 6.45) is -2.39. The molecule has 1 aromatic carbocycles. The first-order valence-corrected chi connectivity index (χ1v) is 7.50. The molecule has 7 heteroatoms. The first kappa shape index (κ1) is 16.3. The van der Waals surface area contributed by atoms with E-state index in [4.69, 9.17) is 0 Å². The smallest absolute Gasteiger partial charge is 0.366 e. The van der Waals surface area contributed by atoms with Crippen LogP contribution in [0.15, 0.2) is 36.5 Å². The molecule has 3 rings (SSSR count). The summed E-state index contributed by atoms with van der Waals surface area (Å²) in [5.74, 6) is -0.144. The van der Waals surface area contributed by atoms with Crippen LogP contribution in [0, 0.1) is 0 Å². The summed E-state index contributed by atoms with van der Waals surface area (Å²) in [5.41, 5.74) is 2.71. The molecule has 1 N–H and O–H groups in total. The molecule has 126 valence electrons. The van der Waals surface area contributed by atoms with Crippen molar-refractivity contribution in [3.05, 3.63) is 53.3 Å². The molecule has 2 heterocycles. The maximum atomic E-state index is 12.6. The normalized spacial score (nSPS) is 14.2. The van der Waals surface area contributed by atoms with Gasteiger partial charge < -0.3 is 10.2 Å². The Morgan fingerprint density at radius 2 is 2.00 bits per heavy atom. The molecule has 0 spiro atoms. The van der Waals surface area contributed by atoms with Crippen LogP contribution >= 0.6 is 0 Å². The standard InChI is InChI=1S/C17H16F3N3O/c1-11(24)22-14-3-2-12-6-7-23(10-13(12)8-14)15-4-5-16(21-9-15)17(18,19)20/h2-5,8-9H,6-7,10H2,1H3,(H,22,24). The van der Waals surface area contributed by atoms with Gasteiger partial charge in [-0.1, -0.05) is 6.07 Å². The summed E-state index contributed by atoms with van der Waals surface area (Å²) < 4.78 is 37.8. The van der Waals surface area contributed by atoms with Crippen LogP contribution in [0.25, 0.3) is 0 Å². The van der Waals surface area contributed by atoms with Crippen LogP contribution in [0.1, 0.15) is 23.7 Å². The number of rotatable bonds is 2. The van der Waals surface area contributed by atoms with Gasteiger partial charge >= 0.3 is 6.18 Å². The zero-order valence-electron chi connectivity index (χ0n) is 13.0. The lowest BCUT2D eigenvalue weighted by Gasteiger charge is -2.31. The van der Waals surface area contributed by atoms with E-state index >= 15 is 0 Å². The molecule has 2 aromatic rings. The summed E-state index contributed by atoms with van der Waals surface area (Å²) in [5, 5.41) is 2.74. The molecule has 0 atom stereocenters. The molecule has 0 saturated carbocycles. The Bertz CT molecular complexity index is 757. The number of fused-ring (bicyclic) bond motifs is 1. The molecule has 1 aliphatic rings. The zero-order valence-corrected chi connectivity index (χ0v) is 13.0. The number of carbonyl (C=O) groups excluding carboxylic acids is 1. The largest absolute Gasteiger partial charge is 0.433 e. The molecule has 4 nitrogen and oxygen atoms in total. The Morgan fingerprint density at radius 3 is 2.62 bits per heavy atom. The van der Waals surface area contributed by atoms with Gasteiger partial charge in [0.2, 0.25) is 5.91 Å². The van der Waals surface area contributed by atoms with E-state index in [9.17, 15) is 18.0 Å². The van der Waals surface area contributed by atoms with Gasteiger partial charge in [-0.25, -0.2) is 4.98 Å². The van der Waals surface area contributed by atoms with E-state index in [1.165, 1.54) is 24.8 Å². The predicted molar refractivity (Wildman–Crippen MR) is 84.7 cm³/mol. The lowest BCUT2D eigenvalue weighted by atomic mass is 9.98. The van der Waals surface area contributed by atoms with Gasteiger partial charge in [0.15, 0.2) is 0 Å². The van der Waals surface area contributed by atoms with Gasteiger partial charge in [0.05, 0.1) is 11.9 Å². The van der Waals surface area contributed by atoms with Crippen molar-refractivity contribution in [3.8, 4) is 0 Å². The number of aromatic nitrogens is 1. The molecule has 1 amide bonds. The van der Waals surface area contributed by atoms with Crippen molar-refractivity contribution in [2.24, 2.45) is 0 Å². The highest BCUT2D eigenvalue weighted by molar-refractivity contribution is 5.88. The highest BCUT2D eigenvalue weighted by Crippen LogP contribution is 2.30. The van der Waals surface area contributed by atoms with Crippen LogP contribution < -0.4 is 10.2 Å². The van der Waals surface area contributed by atoms with E-state index in [1.54, 1.807) is 0 Å². The first-order chi connectivity index (χ1) is 11.3. The van der Waals surface area contributed by atoms with Gasteiger partial charge in [0.1, 0.15) is 5.69 Å². The minimum absolute atomic E-state index is 0.144. The molecule has 0 radical (unpaired) electrons. The third-order valence-corrected chi connectivity index (χ3v) is 3.94. The Morgan fingerprint density at radius 1 is 1.21 bits per heavy atom. The minimum Gasteiger partial charge on any atom is -0.366 e. The number of benzene rings is 1. The van der Waals surface area contributed by atoms with Crippen LogP contribution in [0.4, 0.5) is 24.5 Å². The van der Waals surface area contributed by atoms with Crippen LogP contribution in [0.5, 0.6) is 0 Å². The molecular formula is C17H16F3N3O. The summed E-state index contributed by atoms with van der Waals surface area (Å²) in [6, 6.07) is 8.18. The van der Waals surface area contributed by atoms with E-state index in [-0.39, 0.29) is 5.91 Å². The van der Waals surface area contributed by atoms with Gasteiger partial charge in [-0.3, -0.25) is 4.79 Å².